The van der Waals surface area contributed by atoms with Crippen LogP contribution in [0.2, 0.25) is 0 Å². The molecule has 0 bridgehead atoms. The Hall–Kier alpha value is 0.722. The first-order valence-electron chi connectivity index (χ1n) is 1.22. The SMILES string of the molecule is O=C([O-])[O-].O=C([O-])[O-].[Ca+2].[Cd+2]. The molecule has 0 rings (SSSR count). The fraction of sp³-hybridized carbons (Fsp3) is 0. The van der Waals surface area contributed by atoms with E-state index >= 15 is 0 Å². The molecule has 0 aromatic heterocycles. The summed E-state index contributed by atoms with van der Waals surface area (Å²) in [6, 6.07) is 0. The van der Waals surface area contributed by atoms with Gasteiger partial charge in [0.05, 0.1) is 0 Å². The van der Waals surface area contributed by atoms with Gasteiger partial charge in [-0.25, -0.2) is 0 Å². The van der Waals surface area contributed by atoms with Crippen molar-refractivity contribution in [1.82, 2.24) is 0 Å². The molecule has 0 heterocycles. The van der Waals surface area contributed by atoms with Crippen LogP contribution in [-0.4, -0.2) is 50.0 Å². The van der Waals surface area contributed by atoms with Crippen LogP contribution in [-0.2, 0) is 27.3 Å². The molecule has 0 fully saturated rings. The van der Waals surface area contributed by atoms with Gasteiger partial charge in [-0.15, -0.1) is 0 Å². The summed E-state index contributed by atoms with van der Waals surface area (Å²) in [5, 5.41) is 33.3. The Morgan fingerprint density at radius 3 is 0.800 bits per heavy atom. The minimum absolute atomic E-state index is 0. The Kier molecular flexibility index (Phi) is 36.7. The van der Waals surface area contributed by atoms with E-state index in [0.717, 1.165) is 0 Å². The zero-order valence-corrected chi connectivity index (χ0v) is 11.1. The third-order valence-corrected chi connectivity index (χ3v) is 0. The Bertz CT molecular complexity index is 73.7. The molecule has 0 aliphatic carbocycles. The van der Waals surface area contributed by atoms with Gasteiger partial charge in [0.2, 0.25) is 0 Å². The van der Waals surface area contributed by atoms with Gasteiger partial charge in [-0.05, 0) is 12.3 Å². The number of carbonyl (C=O) groups is 2. The number of hydrogen-bond acceptors (Lipinski definition) is 6. The number of rotatable bonds is 0. The maximum atomic E-state index is 8.33. The van der Waals surface area contributed by atoms with E-state index in [1.165, 1.54) is 0 Å². The van der Waals surface area contributed by atoms with E-state index in [4.69, 9.17) is 30.0 Å². The Morgan fingerprint density at radius 1 is 0.800 bits per heavy atom. The summed E-state index contributed by atoms with van der Waals surface area (Å²) in [5.74, 6) is 0. The van der Waals surface area contributed by atoms with Crippen molar-refractivity contribution in [3.8, 4) is 0 Å². The van der Waals surface area contributed by atoms with E-state index < -0.39 is 12.3 Å². The molecule has 0 atom stereocenters. The van der Waals surface area contributed by atoms with Gasteiger partial charge in [-0.3, -0.25) is 0 Å². The summed E-state index contributed by atoms with van der Waals surface area (Å²) >= 11 is 0. The predicted molar refractivity (Wildman–Crippen MR) is 16.5 cm³/mol. The van der Waals surface area contributed by atoms with E-state index in [2.05, 4.69) is 0 Å². The van der Waals surface area contributed by atoms with Crippen LogP contribution in [0.5, 0.6) is 0 Å². The van der Waals surface area contributed by atoms with Gasteiger partial charge in [0.1, 0.15) is 0 Å². The van der Waals surface area contributed by atoms with Gasteiger partial charge in [0.15, 0.2) is 0 Å². The molecular weight excluding hydrogens is 273 g/mol. The second-order valence-corrected chi connectivity index (χ2v) is 0.500. The number of carboxylic acid groups (broad SMARTS) is 4. The van der Waals surface area contributed by atoms with E-state index in [0.29, 0.717) is 0 Å². The molecule has 10 heavy (non-hydrogen) atoms. The molecule has 0 saturated carbocycles. The number of hydrogen-bond donors (Lipinski definition) is 0. The largest absolute Gasteiger partial charge is 2.00 e. The molecule has 6 nitrogen and oxygen atoms in total. The first-order chi connectivity index (χ1) is 3.46. The maximum Gasteiger partial charge on any atom is 2.00 e. The first kappa shape index (κ1) is 22.4. The van der Waals surface area contributed by atoms with Crippen molar-refractivity contribution in [2.45, 2.75) is 0 Å². The molecule has 0 saturated heterocycles. The smallest absolute Gasteiger partial charge is 0.652 e. The van der Waals surface area contributed by atoms with Crippen LogP contribution < -0.4 is 20.4 Å². The normalized spacial score (nSPS) is 4.80. The molecular formula is C2CaCdO6. The summed E-state index contributed by atoms with van der Waals surface area (Å²) in [6.07, 6.45) is -4.67. The van der Waals surface area contributed by atoms with Crippen molar-refractivity contribution >= 4 is 50.0 Å². The predicted octanol–water partition coefficient (Wildman–Crippen LogP) is -5.28. The first-order valence-corrected chi connectivity index (χ1v) is 1.22. The van der Waals surface area contributed by atoms with Crippen LogP contribution in [0.4, 0.5) is 9.59 Å². The van der Waals surface area contributed by atoms with E-state index in [1.54, 1.807) is 0 Å². The molecule has 0 aromatic rings. The Morgan fingerprint density at radius 2 is 0.800 bits per heavy atom. The van der Waals surface area contributed by atoms with Gasteiger partial charge in [-0.1, -0.05) is 0 Å². The van der Waals surface area contributed by atoms with Crippen molar-refractivity contribution in [3.63, 3.8) is 0 Å². The minimum atomic E-state index is -2.33. The Balaban J connectivity index is -0.0000000300. The Labute approximate surface area is 106 Å². The van der Waals surface area contributed by atoms with Gasteiger partial charge in [0.25, 0.3) is 0 Å². The monoisotopic (exact) mass is 274 g/mol. The van der Waals surface area contributed by atoms with Crippen molar-refractivity contribution < 1.29 is 57.3 Å². The summed E-state index contributed by atoms with van der Waals surface area (Å²) in [7, 11) is 0. The van der Waals surface area contributed by atoms with Gasteiger partial charge in [0, 0.05) is 0 Å². The summed E-state index contributed by atoms with van der Waals surface area (Å²) in [5.41, 5.74) is 0. The molecule has 0 aromatic carbocycles. The molecule has 0 unspecified atom stereocenters. The standard InChI is InChI=1S/2CH2O3.Ca.Cd/c2*2-1(3)4;;/h2*(H2,2,3,4);;/q;;2*+2/p-4. The van der Waals surface area contributed by atoms with Gasteiger partial charge in [-0.2, -0.15) is 0 Å². The summed E-state index contributed by atoms with van der Waals surface area (Å²) in [6.45, 7) is 0. The quantitative estimate of drug-likeness (QED) is 0.405. The van der Waals surface area contributed by atoms with Gasteiger partial charge >= 0.3 is 65.0 Å². The minimum Gasteiger partial charge on any atom is -0.652 e. The van der Waals surface area contributed by atoms with E-state index in [-0.39, 0.29) is 65.0 Å². The number of carbonyl (C=O) groups excluding carboxylic acids is 2. The molecule has 0 radical (unpaired) electrons. The zero-order valence-electron chi connectivity index (χ0n) is 4.86. The van der Waals surface area contributed by atoms with Crippen molar-refractivity contribution in [1.29, 1.82) is 0 Å². The van der Waals surface area contributed by atoms with Gasteiger partial charge < -0.3 is 30.0 Å². The summed E-state index contributed by atoms with van der Waals surface area (Å²) in [4.78, 5) is 16.7. The summed E-state index contributed by atoms with van der Waals surface area (Å²) < 4.78 is 0. The fourth-order valence-corrected chi connectivity index (χ4v) is 0. The molecule has 0 aliphatic heterocycles. The van der Waals surface area contributed by atoms with Crippen molar-refractivity contribution in [3.05, 3.63) is 0 Å². The molecule has 0 spiro atoms. The average Bonchev–Trinajstić information content (AvgIpc) is 1.25. The molecule has 0 N–H and O–H groups in total. The maximum absolute atomic E-state index is 8.33. The second kappa shape index (κ2) is 16.4. The van der Waals surface area contributed by atoms with Crippen molar-refractivity contribution in [2.24, 2.45) is 0 Å². The van der Waals surface area contributed by atoms with Crippen LogP contribution in [0.1, 0.15) is 0 Å². The fourth-order valence-electron chi connectivity index (χ4n) is 0. The topological polar surface area (TPSA) is 126 Å². The molecule has 8 heteroatoms. The van der Waals surface area contributed by atoms with Crippen LogP contribution in [0.3, 0.4) is 0 Å². The van der Waals surface area contributed by atoms with Crippen molar-refractivity contribution in [2.75, 3.05) is 0 Å². The molecule has 0 aliphatic rings. The average molecular weight is 273 g/mol. The zero-order chi connectivity index (χ0) is 7.15. The van der Waals surface area contributed by atoms with E-state index in [9.17, 15) is 0 Å². The van der Waals surface area contributed by atoms with Crippen LogP contribution in [0.15, 0.2) is 0 Å². The molecule has 48 valence electrons. The molecule has 0 amide bonds. The van der Waals surface area contributed by atoms with Crippen LogP contribution in [0.25, 0.3) is 0 Å². The van der Waals surface area contributed by atoms with Crippen LogP contribution in [0, 0.1) is 0 Å². The van der Waals surface area contributed by atoms with E-state index in [1.807, 2.05) is 0 Å². The third-order valence-electron chi connectivity index (χ3n) is 0. The second-order valence-electron chi connectivity index (χ2n) is 0.500. The third kappa shape index (κ3) is 998. The van der Waals surface area contributed by atoms with Crippen LogP contribution >= 0.6 is 0 Å².